The lowest BCUT2D eigenvalue weighted by Crippen LogP contribution is -2.43. The van der Waals surface area contributed by atoms with Crippen molar-refractivity contribution in [2.24, 2.45) is 0 Å². The number of aryl methyl sites for hydroxylation is 1. The first-order chi connectivity index (χ1) is 13.9. The Bertz CT molecular complexity index is 1080. The molecule has 0 aliphatic carbocycles. The minimum atomic E-state index is -1.25. The molecule has 1 fully saturated rings. The van der Waals surface area contributed by atoms with E-state index in [2.05, 4.69) is 15.5 Å². The number of aromatic nitrogens is 2. The average Bonchev–Trinajstić information content (AvgIpc) is 3.28. The molecular weight excluding hydrogens is 375 g/mol. The maximum absolute atomic E-state index is 13.3. The van der Waals surface area contributed by atoms with E-state index in [1.54, 1.807) is 6.92 Å². The van der Waals surface area contributed by atoms with Gasteiger partial charge in [-0.3, -0.25) is 9.69 Å². The predicted molar refractivity (Wildman–Crippen MR) is 102 cm³/mol. The molecule has 0 saturated carbocycles. The molecule has 7 nitrogen and oxygen atoms in total. The van der Waals surface area contributed by atoms with Crippen LogP contribution in [-0.2, 0) is 16.9 Å². The number of imide groups is 1. The average molecular weight is 394 g/mol. The molecule has 2 heterocycles. The van der Waals surface area contributed by atoms with E-state index in [1.807, 2.05) is 31.2 Å². The molecule has 1 atom stereocenters. The number of carbonyl (C=O) groups excluding carboxylic acids is 2. The number of hydrogen-bond donors (Lipinski definition) is 1. The fourth-order valence-corrected chi connectivity index (χ4v) is 3.53. The number of nitrogens with zero attached hydrogens (tertiary/aromatic N) is 3. The Balaban J connectivity index is 1.60. The molecule has 1 N–H and O–H groups in total. The van der Waals surface area contributed by atoms with Gasteiger partial charge < -0.3 is 9.84 Å². The summed E-state index contributed by atoms with van der Waals surface area (Å²) < 4.78 is 18.6. The number of halogens is 1. The van der Waals surface area contributed by atoms with E-state index in [-0.39, 0.29) is 12.4 Å². The number of nitrogens with one attached hydrogen (secondary N) is 1. The Labute approximate surface area is 166 Å². The number of benzene rings is 2. The zero-order valence-electron chi connectivity index (χ0n) is 16.0. The van der Waals surface area contributed by atoms with Gasteiger partial charge in [0.25, 0.3) is 5.91 Å². The standard InChI is InChI=1S/C21H19FN4O3/c1-3-21(14-8-10-15(22)11-9-14)19(27)26(20(28)24-21)12-17-23-18(25-29-17)16-7-5-4-6-13(16)2/h4-11H,3,12H2,1-2H3,(H,24,28)/t21-/m1/s1. The van der Waals surface area contributed by atoms with Crippen molar-refractivity contribution in [3.05, 3.63) is 71.4 Å². The molecule has 3 amide bonds. The van der Waals surface area contributed by atoms with Crippen LogP contribution in [0.25, 0.3) is 11.4 Å². The summed E-state index contributed by atoms with van der Waals surface area (Å²) in [4.78, 5) is 31.1. The molecule has 8 heteroatoms. The summed E-state index contributed by atoms with van der Waals surface area (Å²) in [6.07, 6.45) is 0.317. The first-order valence-electron chi connectivity index (χ1n) is 9.23. The fraction of sp³-hybridized carbons (Fsp3) is 0.238. The van der Waals surface area contributed by atoms with E-state index in [0.717, 1.165) is 16.0 Å². The Morgan fingerprint density at radius 3 is 2.55 bits per heavy atom. The van der Waals surface area contributed by atoms with Crippen molar-refractivity contribution in [1.29, 1.82) is 0 Å². The van der Waals surface area contributed by atoms with Gasteiger partial charge in [-0.1, -0.05) is 48.5 Å². The van der Waals surface area contributed by atoms with Crippen molar-refractivity contribution in [3.8, 4) is 11.4 Å². The Morgan fingerprint density at radius 1 is 1.14 bits per heavy atom. The summed E-state index contributed by atoms with van der Waals surface area (Å²) in [6, 6.07) is 12.6. The minimum absolute atomic E-state index is 0.146. The maximum atomic E-state index is 13.3. The van der Waals surface area contributed by atoms with Crippen LogP contribution in [-0.4, -0.2) is 27.0 Å². The van der Waals surface area contributed by atoms with Crippen LogP contribution in [0.5, 0.6) is 0 Å². The van der Waals surface area contributed by atoms with E-state index in [0.29, 0.717) is 17.8 Å². The molecule has 1 aliphatic heterocycles. The zero-order valence-corrected chi connectivity index (χ0v) is 16.0. The molecule has 0 bridgehead atoms. The van der Waals surface area contributed by atoms with E-state index < -0.39 is 23.3 Å². The molecule has 0 unspecified atom stereocenters. The van der Waals surface area contributed by atoms with Gasteiger partial charge in [0.05, 0.1) is 0 Å². The predicted octanol–water partition coefficient (Wildman–Crippen LogP) is 3.54. The largest absolute Gasteiger partial charge is 0.337 e. The number of rotatable bonds is 5. The molecule has 0 radical (unpaired) electrons. The monoisotopic (exact) mass is 394 g/mol. The summed E-state index contributed by atoms with van der Waals surface area (Å²) in [5.41, 5.74) is 1.07. The molecule has 0 spiro atoms. The fourth-order valence-electron chi connectivity index (χ4n) is 3.53. The quantitative estimate of drug-likeness (QED) is 0.669. The van der Waals surface area contributed by atoms with Crippen LogP contribution in [0.15, 0.2) is 53.1 Å². The Hall–Kier alpha value is -3.55. The number of urea groups is 1. The Morgan fingerprint density at radius 2 is 1.86 bits per heavy atom. The summed E-state index contributed by atoms with van der Waals surface area (Å²) in [7, 11) is 0. The smallest absolute Gasteiger partial charge is 0.325 e. The van der Waals surface area contributed by atoms with Gasteiger partial charge in [0, 0.05) is 5.56 Å². The van der Waals surface area contributed by atoms with Gasteiger partial charge in [-0.25, -0.2) is 9.18 Å². The van der Waals surface area contributed by atoms with Crippen molar-refractivity contribution in [2.45, 2.75) is 32.4 Å². The van der Waals surface area contributed by atoms with E-state index >= 15 is 0 Å². The van der Waals surface area contributed by atoms with Crippen LogP contribution in [0.4, 0.5) is 9.18 Å². The SMILES string of the molecule is CC[C@]1(c2ccc(F)cc2)NC(=O)N(Cc2nc(-c3ccccc3C)no2)C1=O. The second-order valence-corrected chi connectivity index (χ2v) is 6.91. The highest BCUT2D eigenvalue weighted by molar-refractivity contribution is 6.07. The Kier molecular flexibility index (Phi) is 4.62. The third-order valence-corrected chi connectivity index (χ3v) is 5.19. The molecule has 1 aromatic heterocycles. The first kappa shape index (κ1) is 18.8. The van der Waals surface area contributed by atoms with Crippen LogP contribution >= 0.6 is 0 Å². The topological polar surface area (TPSA) is 88.3 Å². The summed E-state index contributed by atoms with van der Waals surface area (Å²) >= 11 is 0. The van der Waals surface area contributed by atoms with Crippen LogP contribution in [0, 0.1) is 12.7 Å². The van der Waals surface area contributed by atoms with Gasteiger partial charge in [0.1, 0.15) is 17.9 Å². The van der Waals surface area contributed by atoms with Crippen molar-refractivity contribution in [3.63, 3.8) is 0 Å². The van der Waals surface area contributed by atoms with Gasteiger partial charge in [0.2, 0.25) is 11.7 Å². The molecular formula is C21H19FN4O3. The van der Waals surface area contributed by atoms with Crippen molar-refractivity contribution in [2.75, 3.05) is 0 Å². The lowest BCUT2D eigenvalue weighted by molar-refractivity contribution is -0.132. The zero-order chi connectivity index (χ0) is 20.6. The number of hydrogen-bond acceptors (Lipinski definition) is 5. The highest BCUT2D eigenvalue weighted by Crippen LogP contribution is 2.33. The van der Waals surface area contributed by atoms with Gasteiger partial charge >= 0.3 is 6.03 Å². The van der Waals surface area contributed by atoms with E-state index in [9.17, 15) is 14.0 Å². The van der Waals surface area contributed by atoms with Crippen molar-refractivity contribution in [1.82, 2.24) is 20.4 Å². The maximum Gasteiger partial charge on any atom is 0.325 e. The highest BCUT2D eigenvalue weighted by Gasteiger charge is 2.51. The van der Waals surface area contributed by atoms with Crippen LogP contribution in [0.2, 0.25) is 0 Å². The summed E-state index contributed by atoms with van der Waals surface area (Å²) in [6.45, 7) is 3.57. The molecule has 29 heavy (non-hydrogen) atoms. The van der Waals surface area contributed by atoms with Crippen molar-refractivity contribution >= 4 is 11.9 Å². The van der Waals surface area contributed by atoms with E-state index in [4.69, 9.17) is 4.52 Å². The highest BCUT2D eigenvalue weighted by atomic mass is 19.1. The minimum Gasteiger partial charge on any atom is -0.337 e. The molecule has 1 aliphatic rings. The normalized spacial score (nSPS) is 18.9. The van der Waals surface area contributed by atoms with Crippen LogP contribution < -0.4 is 5.32 Å². The lowest BCUT2D eigenvalue weighted by Gasteiger charge is -2.25. The van der Waals surface area contributed by atoms with Gasteiger partial charge in [-0.05, 0) is 36.6 Å². The number of carbonyl (C=O) groups is 2. The third-order valence-electron chi connectivity index (χ3n) is 5.19. The molecule has 3 aromatic rings. The second-order valence-electron chi connectivity index (χ2n) is 6.91. The molecule has 2 aromatic carbocycles. The van der Waals surface area contributed by atoms with Crippen molar-refractivity contribution < 1.29 is 18.5 Å². The van der Waals surface area contributed by atoms with Crippen LogP contribution in [0.3, 0.4) is 0 Å². The summed E-state index contributed by atoms with van der Waals surface area (Å²) in [5, 5.41) is 6.71. The lowest BCUT2D eigenvalue weighted by atomic mass is 9.87. The third kappa shape index (κ3) is 3.16. The molecule has 1 saturated heterocycles. The molecule has 148 valence electrons. The number of amides is 3. The first-order valence-corrected chi connectivity index (χ1v) is 9.23. The van der Waals surface area contributed by atoms with E-state index in [1.165, 1.54) is 24.3 Å². The second kappa shape index (κ2) is 7.12. The van der Waals surface area contributed by atoms with Gasteiger partial charge in [-0.15, -0.1) is 0 Å². The van der Waals surface area contributed by atoms with Crippen LogP contribution in [0.1, 0.15) is 30.4 Å². The summed E-state index contributed by atoms with van der Waals surface area (Å²) in [5.74, 6) is -0.307. The van der Waals surface area contributed by atoms with Gasteiger partial charge in [-0.2, -0.15) is 4.98 Å². The molecule has 4 rings (SSSR count). The van der Waals surface area contributed by atoms with Gasteiger partial charge in [0.15, 0.2) is 0 Å².